The van der Waals surface area contributed by atoms with Crippen LogP contribution < -0.4 is 10.6 Å². The summed E-state index contributed by atoms with van der Waals surface area (Å²) in [5.74, 6) is -0.801. The molecule has 0 radical (unpaired) electrons. The van der Waals surface area contributed by atoms with Crippen molar-refractivity contribution < 1.29 is 14.7 Å². The van der Waals surface area contributed by atoms with E-state index in [0.717, 1.165) is 12.0 Å². The van der Waals surface area contributed by atoms with E-state index in [1.807, 2.05) is 20.8 Å². The lowest BCUT2D eigenvalue weighted by Gasteiger charge is -2.17. The average molecular weight is 242 g/mol. The van der Waals surface area contributed by atoms with Crippen molar-refractivity contribution in [1.29, 1.82) is 0 Å². The standard InChI is InChI=1S/C12H22N2O3/c1-5-9(4)7-13-12(17)14-10(11(15)16)6-8(2)3/h8,10H,4-7H2,1-3H3,(H,15,16)(H2,13,14,17). The largest absolute Gasteiger partial charge is 0.480 e. The van der Waals surface area contributed by atoms with E-state index in [9.17, 15) is 9.59 Å². The van der Waals surface area contributed by atoms with Gasteiger partial charge in [-0.05, 0) is 18.8 Å². The minimum atomic E-state index is -1.01. The second-order valence-corrected chi connectivity index (χ2v) is 4.45. The summed E-state index contributed by atoms with van der Waals surface area (Å²) >= 11 is 0. The van der Waals surface area contributed by atoms with E-state index in [1.54, 1.807) is 0 Å². The van der Waals surface area contributed by atoms with Crippen LogP contribution in [0.25, 0.3) is 0 Å². The fourth-order valence-electron chi connectivity index (χ4n) is 1.23. The van der Waals surface area contributed by atoms with E-state index < -0.39 is 18.0 Å². The highest BCUT2D eigenvalue weighted by Gasteiger charge is 2.20. The molecule has 0 aliphatic rings. The normalized spacial score (nSPS) is 12.0. The second-order valence-electron chi connectivity index (χ2n) is 4.45. The third-order valence-electron chi connectivity index (χ3n) is 2.31. The molecule has 0 aromatic carbocycles. The fourth-order valence-corrected chi connectivity index (χ4v) is 1.23. The maximum Gasteiger partial charge on any atom is 0.326 e. The molecule has 0 aliphatic carbocycles. The van der Waals surface area contributed by atoms with Crippen molar-refractivity contribution in [3.8, 4) is 0 Å². The van der Waals surface area contributed by atoms with Gasteiger partial charge in [-0.1, -0.05) is 32.9 Å². The summed E-state index contributed by atoms with van der Waals surface area (Å²) < 4.78 is 0. The molecule has 0 heterocycles. The number of carboxylic acids is 1. The highest BCUT2D eigenvalue weighted by molar-refractivity contribution is 5.82. The number of rotatable bonds is 7. The highest BCUT2D eigenvalue weighted by Crippen LogP contribution is 2.04. The van der Waals surface area contributed by atoms with Gasteiger partial charge < -0.3 is 15.7 Å². The molecule has 98 valence electrons. The Morgan fingerprint density at radius 2 is 1.94 bits per heavy atom. The topological polar surface area (TPSA) is 78.4 Å². The van der Waals surface area contributed by atoms with Gasteiger partial charge >= 0.3 is 12.0 Å². The van der Waals surface area contributed by atoms with Gasteiger partial charge in [-0.2, -0.15) is 0 Å². The van der Waals surface area contributed by atoms with Crippen molar-refractivity contribution in [2.75, 3.05) is 6.54 Å². The monoisotopic (exact) mass is 242 g/mol. The van der Waals surface area contributed by atoms with Crippen molar-refractivity contribution in [1.82, 2.24) is 10.6 Å². The van der Waals surface area contributed by atoms with Crippen LogP contribution >= 0.6 is 0 Å². The van der Waals surface area contributed by atoms with Gasteiger partial charge in [-0.3, -0.25) is 0 Å². The molecule has 0 aromatic heterocycles. The summed E-state index contributed by atoms with van der Waals surface area (Å²) in [4.78, 5) is 22.3. The van der Waals surface area contributed by atoms with Gasteiger partial charge in [0.15, 0.2) is 0 Å². The molecule has 1 atom stereocenters. The summed E-state index contributed by atoms with van der Waals surface area (Å²) in [5, 5.41) is 14.0. The van der Waals surface area contributed by atoms with E-state index >= 15 is 0 Å². The lowest BCUT2D eigenvalue weighted by Crippen LogP contribution is -2.46. The number of hydrogen-bond acceptors (Lipinski definition) is 2. The molecule has 17 heavy (non-hydrogen) atoms. The molecule has 3 N–H and O–H groups in total. The first-order valence-corrected chi connectivity index (χ1v) is 5.80. The molecule has 0 bridgehead atoms. The van der Waals surface area contributed by atoms with Crippen molar-refractivity contribution in [3.63, 3.8) is 0 Å². The molecule has 0 spiro atoms. The number of carbonyl (C=O) groups is 2. The van der Waals surface area contributed by atoms with Gasteiger partial charge in [0.05, 0.1) is 0 Å². The molecule has 1 unspecified atom stereocenters. The molecule has 0 aliphatic heterocycles. The summed E-state index contributed by atoms with van der Waals surface area (Å²) in [6.45, 7) is 9.89. The summed E-state index contributed by atoms with van der Waals surface area (Å²) in [7, 11) is 0. The Labute approximate surface area is 102 Å². The van der Waals surface area contributed by atoms with Crippen LogP contribution in [0.5, 0.6) is 0 Å². The first-order chi connectivity index (χ1) is 7.86. The predicted octanol–water partition coefficient (Wildman–Crippen LogP) is 1.75. The zero-order valence-electron chi connectivity index (χ0n) is 10.7. The van der Waals surface area contributed by atoms with Crippen molar-refractivity contribution in [3.05, 3.63) is 12.2 Å². The first-order valence-electron chi connectivity index (χ1n) is 5.80. The zero-order valence-corrected chi connectivity index (χ0v) is 10.7. The summed E-state index contributed by atoms with van der Waals surface area (Å²) in [6.07, 6.45) is 1.20. The van der Waals surface area contributed by atoms with Crippen molar-refractivity contribution in [2.45, 2.75) is 39.7 Å². The lowest BCUT2D eigenvalue weighted by atomic mass is 10.0. The number of aliphatic carboxylic acids is 1. The molecular formula is C12H22N2O3. The Balaban J connectivity index is 4.13. The van der Waals surface area contributed by atoms with Crippen molar-refractivity contribution >= 4 is 12.0 Å². The molecule has 0 aromatic rings. The Bertz CT molecular complexity index is 287. The Morgan fingerprint density at radius 1 is 1.35 bits per heavy atom. The number of hydrogen-bond donors (Lipinski definition) is 3. The fraction of sp³-hybridized carbons (Fsp3) is 0.667. The molecule has 0 saturated heterocycles. The maximum absolute atomic E-state index is 11.4. The first kappa shape index (κ1) is 15.5. The highest BCUT2D eigenvalue weighted by atomic mass is 16.4. The van der Waals surface area contributed by atoms with E-state index in [1.165, 1.54) is 0 Å². The number of carboxylic acid groups (broad SMARTS) is 1. The number of amides is 2. The predicted molar refractivity (Wildman–Crippen MR) is 66.8 cm³/mol. The molecular weight excluding hydrogens is 220 g/mol. The van der Waals surface area contributed by atoms with Gasteiger partial charge in [0.2, 0.25) is 0 Å². The van der Waals surface area contributed by atoms with Crippen molar-refractivity contribution in [2.24, 2.45) is 5.92 Å². The van der Waals surface area contributed by atoms with Crippen LogP contribution in [0.3, 0.4) is 0 Å². The Kier molecular flexibility index (Phi) is 7.02. The molecule has 5 nitrogen and oxygen atoms in total. The third kappa shape index (κ3) is 7.38. The van der Waals surface area contributed by atoms with Gasteiger partial charge in [-0.15, -0.1) is 0 Å². The minimum Gasteiger partial charge on any atom is -0.480 e. The zero-order chi connectivity index (χ0) is 13.4. The van der Waals surface area contributed by atoms with Crippen LogP contribution in [0.4, 0.5) is 4.79 Å². The summed E-state index contributed by atoms with van der Waals surface area (Å²) in [5.41, 5.74) is 0.899. The second kappa shape index (κ2) is 7.70. The quantitative estimate of drug-likeness (QED) is 0.595. The Morgan fingerprint density at radius 3 is 2.35 bits per heavy atom. The molecule has 5 heteroatoms. The number of carbonyl (C=O) groups excluding carboxylic acids is 1. The number of nitrogens with one attached hydrogen (secondary N) is 2. The van der Waals surface area contributed by atoms with Crippen LogP contribution in [0.1, 0.15) is 33.6 Å². The minimum absolute atomic E-state index is 0.210. The van der Waals surface area contributed by atoms with E-state index in [2.05, 4.69) is 17.2 Å². The summed E-state index contributed by atoms with van der Waals surface area (Å²) in [6, 6.07) is -1.31. The lowest BCUT2D eigenvalue weighted by molar-refractivity contribution is -0.139. The van der Waals surface area contributed by atoms with Gasteiger partial charge in [-0.25, -0.2) is 9.59 Å². The van der Waals surface area contributed by atoms with E-state index in [-0.39, 0.29) is 5.92 Å². The van der Waals surface area contributed by atoms with Gasteiger partial charge in [0.25, 0.3) is 0 Å². The molecule has 2 amide bonds. The Hall–Kier alpha value is -1.52. The molecule has 0 fully saturated rings. The van der Waals surface area contributed by atoms with Crippen LogP contribution in [0.2, 0.25) is 0 Å². The average Bonchev–Trinajstić information content (AvgIpc) is 2.24. The van der Waals surface area contributed by atoms with Crippen LogP contribution in [-0.4, -0.2) is 29.7 Å². The van der Waals surface area contributed by atoms with E-state index in [0.29, 0.717) is 13.0 Å². The van der Waals surface area contributed by atoms with Crippen LogP contribution in [-0.2, 0) is 4.79 Å². The van der Waals surface area contributed by atoms with Crippen LogP contribution in [0, 0.1) is 5.92 Å². The smallest absolute Gasteiger partial charge is 0.326 e. The number of urea groups is 1. The van der Waals surface area contributed by atoms with Gasteiger partial charge in [0, 0.05) is 6.54 Å². The maximum atomic E-state index is 11.4. The van der Waals surface area contributed by atoms with Gasteiger partial charge in [0.1, 0.15) is 6.04 Å². The van der Waals surface area contributed by atoms with E-state index in [4.69, 9.17) is 5.11 Å². The SMILES string of the molecule is C=C(CC)CNC(=O)NC(CC(C)C)C(=O)O. The molecule has 0 saturated carbocycles. The molecule has 0 rings (SSSR count). The third-order valence-corrected chi connectivity index (χ3v) is 2.31. The van der Waals surface area contributed by atoms with Crippen LogP contribution in [0.15, 0.2) is 12.2 Å².